The molecule has 2 aromatic carbocycles. The third-order valence-corrected chi connectivity index (χ3v) is 3.86. The molecule has 2 aromatic heterocycles. The molecule has 0 aliphatic heterocycles. The molecule has 138 valence electrons. The van der Waals surface area contributed by atoms with Gasteiger partial charge in [-0.3, -0.25) is 15.9 Å². The van der Waals surface area contributed by atoms with Gasteiger partial charge in [-0.15, -0.1) is 53.6 Å². The predicted molar refractivity (Wildman–Crippen MR) is 109 cm³/mol. The molecule has 2 nitrogen and oxygen atoms in total. The summed E-state index contributed by atoms with van der Waals surface area (Å²) in [5.41, 5.74) is 5.73. The van der Waals surface area contributed by atoms with Crippen LogP contribution in [-0.4, -0.2) is 9.97 Å². The Morgan fingerprint density at radius 1 is 0.786 bits per heavy atom. The zero-order valence-corrected chi connectivity index (χ0v) is 17.6. The van der Waals surface area contributed by atoms with E-state index in [1.54, 1.807) is 6.20 Å². The van der Waals surface area contributed by atoms with Crippen LogP contribution in [0.3, 0.4) is 0 Å². The van der Waals surface area contributed by atoms with Crippen molar-refractivity contribution in [1.29, 1.82) is 0 Å². The standard InChI is InChI=1S/C16H11N2.C9H7.Pt/c1-2-7-13(8-3-1)14-10-6-11-16(18-14)15-9-4-5-12-17-15;1-3-9-6-4-8(2)5-7-9;/h1-7,9-12H;4-7H,2H3;/q2*-1;+2. The van der Waals surface area contributed by atoms with E-state index in [9.17, 15) is 0 Å². The zero-order valence-electron chi connectivity index (χ0n) is 15.4. The summed E-state index contributed by atoms with van der Waals surface area (Å²) >= 11 is 0. The third kappa shape index (κ3) is 6.01. The minimum atomic E-state index is 0. The fourth-order valence-electron chi connectivity index (χ4n) is 2.43. The van der Waals surface area contributed by atoms with Gasteiger partial charge in [-0.1, -0.05) is 35.9 Å². The SMILES string of the molecule is [C-]#Cc1ccc(C)cc1.[Pt+2].[c-]1ccccc1-c1cccc(-c2ccccn2)n1. The molecule has 0 radical (unpaired) electrons. The summed E-state index contributed by atoms with van der Waals surface area (Å²) in [6.07, 6.45) is 8.54. The van der Waals surface area contributed by atoms with Crippen LogP contribution < -0.4 is 0 Å². The molecule has 28 heavy (non-hydrogen) atoms. The molecule has 4 aromatic rings. The largest absolute Gasteiger partial charge is 2.00 e. The first-order chi connectivity index (χ1) is 13.3. The molecule has 3 heteroatoms. The Morgan fingerprint density at radius 2 is 1.50 bits per heavy atom. The van der Waals surface area contributed by atoms with E-state index in [1.165, 1.54) is 5.56 Å². The third-order valence-electron chi connectivity index (χ3n) is 3.86. The summed E-state index contributed by atoms with van der Waals surface area (Å²) in [7, 11) is 0. The second kappa shape index (κ2) is 11.0. The van der Waals surface area contributed by atoms with Gasteiger partial charge in [0, 0.05) is 6.20 Å². The van der Waals surface area contributed by atoms with E-state index in [1.807, 2.05) is 91.9 Å². The molecule has 2 heterocycles. The van der Waals surface area contributed by atoms with E-state index in [0.717, 1.165) is 28.2 Å². The van der Waals surface area contributed by atoms with Gasteiger partial charge in [0.25, 0.3) is 0 Å². The molecule has 0 amide bonds. The molecule has 4 rings (SSSR count). The zero-order chi connectivity index (χ0) is 18.9. The fourth-order valence-corrected chi connectivity index (χ4v) is 2.43. The monoisotopic (exact) mass is 541 g/mol. The van der Waals surface area contributed by atoms with Crippen LogP contribution in [-0.2, 0) is 21.1 Å². The van der Waals surface area contributed by atoms with Crippen molar-refractivity contribution < 1.29 is 21.1 Å². The molecule has 0 unspecified atom stereocenters. The molecule has 0 aliphatic carbocycles. The molecular weight excluding hydrogens is 523 g/mol. The Morgan fingerprint density at radius 3 is 2.14 bits per heavy atom. The number of nitrogens with zero attached hydrogens (tertiary/aromatic N) is 2. The van der Waals surface area contributed by atoms with Crippen LogP contribution in [0.1, 0.15) is 11.1 Å². The van der Waals surface area contributed by atoms with Crippen molar-refractivity contribution in [2.75, 3.05) is 0 Å². The minimum Gasteiger partial charge on any atom is -0.366 e. The van der Waals surface area contributed by atoms with Gasteiger partial charge in [-0.05, 0) is 30.8 Å². The van der Waals surface area contributed by atoms with Crippen LogP contribution in [0.4, 0.5) is 0 Å². The van der Waals surface area contributed by atoms with Crippen molar-refractivity contribution in [1.82, 2.24) is 9.97 Å². The Kier molecular flexibility index (Phi) is 8.34. The van der Waals surface area contributed by atoms with E-state index in [4.69, 9.17) is 6.42 Å². The summed E-state index contributed by atoms with van der Waals surface area (Å²) in [5, 5.41) is 0. The molecule has 0 N–H and O–H groups in total. The maximum absolute atomic E-state index is 6.76. The average molecular weight is 542 g/mol. The van der Waals surface area contributed by atoms with Gasteiger partial charge in [0.15, 0.2) is 0 Å². The molecule has 0 aliphatic rings. The molecule has 0 saturated carbocycles. The summed E-state index contributed by atoms with van der Waals surface area (Å²) in [6.45, 7) is 2.02. The number of aromatic nitrogens is 2. The smallest absolute Gasteiger partial charge is 0.366 e. The Labute approximate surface area is 181 Å². The number of benzene rings is 2. The van der Waals surface area contributed by atoms with Crippen molar-refractivity contribution in [3.05, 3.63) is 115 Å². The Bertz CT molecular complexity index is 967. The van der Waals surface area contributed by atoms with Crippen molar-refractivity contribution in [3.63, 3.8) is 0 Å². The molecule has 0 spiro atoms. The second-order valence-electron chi connectivity index (χ2n) is 5.89. The maximum Gasteiger partial charge on any atom is 2.00 e. The number of hydrogen-bond acceptors (Lipinski definition) is 2. The topological polar surface area (TPSA) is 25.8 Å². The van der Waals surface area contributed by atoms with Crippen molar-refractivity contribution in [3.8, 4) is 28.6 Å². The number of rotatable bonds is 2. The van der Waals surface area contributed by atoms with Gasteiger partial charge < -0.3 is 6.42 Å². The first kappa shape index (κ1) is 21.3. The molecular formula is C25H18N2Pt. The van der Waals surface area contributed by atoms with Crippen molar-refractivity contribution in [2.45, 2.75) is 6.92 Å². The normalized spacial score (nSPS) is 9.29. The first-order valence-corrected chi connectivity index (χ1v) is 8.61. The summed E-state index contributed by atoms with van der Waals surface area (Å²) in [4.78, 5) is 8.93. The first-order valence-electron chi connectivity index (χ1n) is 8.61. The maximum atomic E-state index is 6.76. The van der Waals surface area contributed by atoms with Gasteiger partial charge >= 0.3 is 21.1 Å². The van der Waals surface area contributed by atoms with Crippen LogP contribution in [0, 0.1) is 25.3 Å². The Hall–Kier alpha value is -3.01. The summed E-state index contributed by atoms with van der Waals surface area (Å²) in [5.74, 6) is 2.30. The molecule has 0 bridgehead atoms. The van der Waals surface area contributed by atoms with E-state index in [-0.39, 0.29) is 21.1 Å². The van der Waals surface area contributed by atoms with Gasteiger partial charge in [0.05, 0.1) is 11.4 Å². The van der Waals surface area contributed by atoms with Crippen LogP contribution in [0.25, 0.3) is 22.6 Å². The second-order valence-corrected chi connectivity index (χ2v) is 5.89. The van der Waals surface area contributed by atoms with Crippen molar-refractivity contribution >= 4 is 0 Å². The number of hydrogen-bond donors (Lipinski definition) is 0. The van der Waals surface area contributed by atoms with Gasteiger partial charge in [-0.2, -0.15) is 0 Å². The Balaban J connectivity index is 0.000000239. The van der Waals surface area contributed by atoms with E-state index in [2.05, 4.69) is 22.0 Å². The number of pyridine rings is 2. The summed E-state index contributed by atoms with van der Waals surface area (Å²) in [6, 6.07) is 30.5. The van der Waals surface area contributed by atoms with Crippen LogP contribution in [0.15, 0.2) is 91.1 Å². The molecule has 0 fully saturated rings. The van der Waals surface area contributed by atoms with Gasteiger partial charge in [0.2, 0.25) is 0 Å². The average Bonchev–Trinajstić information content (AvgIpc) is 2.76. The van der Waals surface area contributed by atoms with E-state index >= 15 is 0 Å². The quantitative estimate of drug-likeness (QED) is 0.246. The number of aryl methyl sites for hydroxylation is 1. The summed E-state index contributed by atoms with van der Waals surface area (Å²) < 4.78 is 0. The fraction of sp³-hybridized carbons (Fsp3) is 0.0400. The van der Waals surface area contributed by atoms with Crippen LogP contribution >= 0.6 is 0 Å². The van der Waals surface area contributed by atoms with Gasteiger partial charge in [0.1, 0.15) is 0 Å². The minimum absolute atomic E-state index is 0. The molecule has 0 saturated heterocycles. The van der Waals surface area contributed by atoms with Crippen LogP contribution in [0.2, 0.25) is 0 Å². The van der Waals surface area contributed by atoms with Gasteiger partial charge in [-0.25, -0.2) is 0 Å². The van der Waals surface area contributed by atoms with E-state index < -0.39 is 0 Å². The van der Waals surface area contributed by atoms with Crippen molar-refractivity contribution in [2.24, 2.45) is 0 Å². The van der Waals surface area contributed by atoms with E-state index in [0.29, 0.717) is 0 Å². The van der Waals surface area contributed by atoms with Crippen LogP contribution in [0.5, 0.6) is 0 Å². The molecule has 0 atom stereocenters. The predicted octanol–water partition coefficient (Wildman–Crippen LogP) is 5.54.